The highest BCUT2D eigenvalue weighted by Gasteiger charge is 2.22. The zero-order chi connectivity index (χ0) is 17.1. The van der Waals surface area contributed by atoms with Crippen LogP contribution in [0.5, 0.6) is 0 Å². The fourth-order valence-electron chi connectivity index (χ4n) is 2.31. The molecule has 2 heterocycles. The number of benzene rings is 1. The van der Waals surface area contributed by atoms with Crippen molar-refractivity contribution < 1.29 is 9.32 Å². The maximum absolute atomic E-state index is 12.5. The summed E-state index contributed by atoms with van der Waals surface area (Å²) in [7, 11) is 1.69. The van der Waals surface area contributed by atoms with Gasteiger partial charge in [0.05, 0.1) is 5.69 Å². The van der Waals surface area contributed by atoms with Crippen molar-refractivity contribution >= 4 is 22.4 Å². The molecule has 0 spiro atoms. The van der Waals surface area contributed by atoms with Gasteiger partial charge in [0.25, 0.3) is 0 Å². The van der Waals surface area contributed by atoms with E-state index in [1.165, 1.54) is 16.2 Å². The average Bonchev–Trinajstić information content (AvgIpc) is 3.23. The van der Waals surface area contributed by atoms with Crippen LogP contribution in [0.15, 0.2) is 45.0 Å². The van der Waals surface area contributed by atoms with E-state index in [2.05, 4.69) is 19.6 Å². The summed E-state index contributed by atoms with van der Waals surface area (Å²) in [5.41, 5.74) is 1.85. The number of carbonyl (C=O) groups is 1. The van der Waals surface area contributed by atoms with Gasteiger partial charge < -0.3 is 0 Å². The predicted octanol–water partition coefficient (Wildman–Crippen LogP) is 2.33. The number of H-pyrrole nitrogens is 1. The molecule has 124 valence electrons. The Morgan fingerprint density at radius 1 is 1.38 bits per heavy atom. The molecule has 0 bridgehead atoms. The third kappa shape index (κ3) is 3.43. The Morgan fingerprint density at radius 2 is 2.12 bits per heavy atom. The van der Waals surface area contributed by atoms with Crippen LogP contribution < -0.4 is 10.7 Å². The standard InChI is InChI=1S/C16H16N4O3S/c1-10(8-13-18-16(22)23-19-13)14(21)20(2)15-17-12(9-24-15)11-6-4-3-5-7-11/h3-7,9-10H,8H2,1-2H3,(H,18,19,22)/t10-/m1/s1. The van der Waals surface area contributed by atoms with Crippen molar-refractivity contribution in [3.05, 3.63) is 52.1 Å². The van der Waals surface area contributed by atoms with Crippen LogP contribution in [-0.4, -0.2) is 28.1 Å². The molecule has 0 saturated carbocycles. The summed E-state index contributed by atoms with van der Waals surface area (Å²) in [5.74, 6) is -0.726. The monoisotopic (exact) mass is 344 g/mol. The summed E-state index contributed by atoms with van der Waals surface area (Å²) in [5, 5.41) is 6.14. The van der Waals surface area contributed by atoms with Gasteiger partial charge >= 0.3 is 5.76 Å². The lowest BCUT2D eigenvalue weighted by Gasteiger charge is -2.17. The first-order chi connectivity index (χ1) is 11.5. The van der Waals surface area contributed by atoms with Crippen LogP contribution in [0.2, 0.25) is 0 Å². The highest BCUT2D eigenvalue weighted by atomic mass is 32.1. The molecule has 1 amide bonds. The SMILES string of the molecule is C[C@H](Cc1noc(=O)[nH]1)C(=O)N(C)c1nc(-c2ccccc2)cs1. The Bertz CT molecular complexity index is 884. The fourth-order valence-corrected chi connectivity index (χ4v) is 3.12. The van der Waals surface area contributed by atoms with Crippen LogP contribution in [0.1, 0.15) is 12.7 Å². The molecular formula is C16H16N4O3S. The van der Waals surface area contributed by atoms with E-state index in [1.54, 1.807) is 14.0 Å². The van der Waals surface area contributed by atoms with Gasteiger partial charge in [-0.15, -0.1) is 11.3 Å². The molecule has 0 aliphatic rings. The Labute approximate surface area is 141 Å². The Hall–Kier alpha value is -2.74. The minimum atomic E-state index is -0.620. The van der Waals surface area contributed by atoms with Crippen LogP contribution in [0.4, 0.5) is 5.13 Å². The number of nitrogens with zero attached hydrogens (tertiary/aromatic N) is 3. The largest absolute Gasteiger partial charge is 0.438 e. The number of aromatic amines is 1. The van der Waals surface area contributed by atoms with E-state index in [0.29, 0.717) is 17.4 Å². The number of nitrogens with one attached hydrogen (secondary N) is 1. The van der Waals surface area contributed by atoms with E-state index in [4.69, 9.17) is 0 Å². The van der Waals surface area contributed by atoms with E-state index in [-0.39, 0.29) is 11.8 Å². The molecule has 7 nitrogen and oxygen atoms in total. The Morgan fingerprint density at radius 3 is 2.79 bits per heavy atom. The van der Waals surface area contributed by atoms with Gasteiger partial charge in [-0.05, 0) is 0 Å². The number of anilines is 1. The molecule has 8 heteroatoms. The minimum absolute atomic E-state index is 0.104. The van der Waals surface area contributed by atoms with Crippen LogP contribution >= 0.6 is 11.3 Å². The maximum atomic E-state index is 12.5. The van der Waals surface area contributed by atoms with Crippen molar-refractivity contribution in [2.45, 2.75) is 13.3 Å². The van der Waals surface area contributed by atoms with Crippen molar-refractivity contribution in [3.63, 3.8) is 0 Å². The topological polar surface area (TPSA) is 92.1 Å². The molecule has 2 aromatic heterocycles. The highest BCUT2D eigenvalue weighted by molar-refractivity contribution is 7.14. The number of rotatable bonds is 5. The average molecular weight is 344 g/mol. The molecule has 1 aromatic carbocycles. The van der Waals surface area contributed by atoms with Gasteiger partial charge in [-0.1, -0.05) is 42.4 Å². The van der Waals surface area contributed by atoms with Gasteiger partial charge in [-0.25, -0.2) is 9.78 Å². The zero-order valence-electron chi connectivity index (χ0n) is 13.2. The first-order valence-electron chi connectivity index (χ1n) is 7.38. The number of hydrogen-bond donors (Lipinski definition) is 1. The quantitative estimate of drug-likeness (QED) is 0.767. The summed E-state index contributed by atoms with van der Waals surface area (Å²) < 4.78 is 4.45. The lowest BCUT2D eigenvalue weighted by molar-refractivity contribution is -0.121. The van der Waals surface area contributed by atoms with E-state index < -0.39 is 5.76 Å². The highest BCUT2D eigenvalue weighted by Crippen LogP contribution is 2.27. The van der Waals surface area contributed by atoms with Gasteiger partial charge in [0.2, 0.25) is 5.91 Å². The molecule has 0 aliphatic carbocycles. The number of thiazole rings is 1. The maximum Gasteiger partial charge on any atom is 0.438 e. The first-order valence-corrected chi connectivity index (χ1v) is 8.26. The number of aromatic nitrogens is 3. The second kappa shape index (κ2) is 6.79. The van der Waals surface area contributed by atoms with Crippen LogP contribution in [0.25, 0.3) is 11.3 Å². The van der Waals surface area contributed by atoms with Crippen molar-refractivity contribution in [3.8, 4) is 11.3 Å². The number of amides is 1. The Balaban J connectivity index is 1.71. The molecule has 0 unspecified atom stereocenters. The lowest BCUT2D eigenvalue weighted by Crippen LogP contribution is -2.32. The third-order valence-electron chi connectivity index (χ3n) is 3.59. The van der Waals surface area contributed by atoms with E-state index in [9.17, 15) is 9.59 Å². The second-order valence-corrected chi connectivity index (χ2v) is 6.26. The zero-order valence-corrected chi connectivity index (χ0v) is 14.0. The summed E-state index contributed by atoms with van der Waals surface area (Å²) in [6.07, 6.45) is 0.297. The molecule has 0 radical (unpaired) electrons. The molecule has 24 heavy (non-hydrogen) atoms. The smallest absolute Gasteiger partial charge is 0.296 e. The molecule has 0 saturated heterocycles. The van der Waals surface area contributed by atoms with Gasteiger partial charge in [0, 0.05) is 30.3 Å². The number of hydrogen-bond acceptors (Lipinski definition) is 6. The van der Waals surface area contributed by atoms with Gasteiger partial charge in [-0.2, -0.15) is 0 Å². The third-order valence-corrected chi connectivity index (χ3v) is 4.50. The van der Waals surface area contributed by atoms with Crippen LogP contribution in [0.3, 0.4) is 0 Å². The normalized spacial score (nSPS) is 12.1. The molecule has 1 atom stereocenters. The van der Waals surface area contributed by atoms with Crippen molar-refractivity contribution in [2.75, 3.05) is 11.9 Å². The molecule has 3 aromatic rings. The predicted molar refractivity (Wildman–Crippen MR) is 91.0 cm³/mol. The van der Waals surface area contributed by atoms with Gasteiger partial charge in [0.15, 0.2) is 11.0 Å². The molecule has 1 N–H and O–H groups in total. The van der Waals surface area contributed by atoms with E-state index in [0.717, 1.165) is 11.3 Å². The van der Waals surface area contributed by atoms with Gasteiger partial charge in [-0.3, -0.25) is 19.2 Å². The lowest BCUT2D eigenvalue weighted by atomic mass is 10.1. The van der Waals surface area contributed by atoms with Crippen molar-refractivity contribution in [1.82, 2.24) is 15.1 Å². The fraction of sp³-hybridized carbons (Fsp3) is 0.250. The van der Waals surface area contributed by atoms with Gasteiger partial charge in [0.1, 0.15) is 0 Å². The first kappa shape index (κ1) is 16.1. The van der Waals surface area contributed by atoms with Crippen LogP contribution in [-0.2, 0) is 11.2 Å². The molecule has 0 fully saturated rings. The number of carbonyl (C=O) groups excluding carboxylic acids is 1. The summed E-state index contributed by atoms with van der Waals surface area (Å²) >= 11 is 1.41. The van der Waals surface area contributed by atoms with Crippen molar-refractivity contribution in [1.29, 1.82) is 0 Å². The summed E-state index contributed by atoms with van der Waals surface area (Å²) in [6.45, 7) is 1.78. The Kier molecular flexibility index (Phi) is 4.57. The minimum Gasteiger partial charge on any atom is -0.296 e. The molecule has 0 aliphatic heterocycles. The van der Waals surface area contributed by atoms with Crippen molar-refractivity contribution in [2.24, 2.45) is 5.92 Å². The summed E-state index contributed by atoms with van der Waals surface area (Å²) in [6, 6.07) is 9.80. The van der Waals surface area contributed by atoms with Crippen LogP contribution in [0, 0.1) is 5.92 Å². The van der Waals surface area contributed by atoms with E-state index >= 15 is 0 Å². The molecule has 3 rings (SSSR count). The van der Waals surface area contributed by atoms with E-state index in [1.807, 2.05) is 35.7 Å². The molecular weight excluding hydrogens is 328 g/mol. The second-order valence-electron chi connectivity index (χ2n) is 5.43. The summed E-state index contributed by atoms with van der Waals surface area (Å²) in [4.78, 5) is 32.0.